The van der Waals surface area contributed by atoms with Gasteiger partial charge in [0.1, 0.15) is 10.5 Å². The number of methoxy groups -OCH3 is 1. The Morgan fingerprint density at radius 1 is 1.39 bits per heavy atom. The third-order valence-electron chi connectivity index (χ3n) is 4.03. The number of carbonyl (C=O) groups excluding carboxylic acids is 1. The van der Waals surface area contributed by atoms with Crippen molar-refractivity contribution < 1.29 is 13.9 Å². The van der Waals surface area contributed by atoms with Crippen molar-refractivity contribution in [2.75, 3.05) is 26.0 Å². The molecule has 0 fully saturated rings. The largest absolute Gasteiger partial charge is 0.385 e. The van der Waals surface area contributed by atoms with Gasteiger partial charge in [-0.25, -0.2) is 9.37 Å². The quantitative estimate of drug-likeness (QED) is 0.344. The van der Waals surface area contributed by atoms with Crippen LogP contribution in [0.1, 0.15) is 12.0 Å². The summed E-state index contributed by atoms with van der Waals surface area (Å²) in [5.41, 5.74) is 1.32. The molecule has 0 aliphatic heterocycles. The summed E-state index contributed by atoms with van der Waals surface area (Å²) in [6.45, 7) is 2.74. The lowest BCUT2D eigenvalue weighted by molar-refractivity contribution is -0.118. The third kappa shape index (κ3) is 4.60. The van der Waals surface area contributed by atoms with Gasteiger partial charge in [0.2, 0.25) is 5.91 Å². The topological polar surface area (TPSA) is 73.2 Å². The first-order valence-corrected chi connectivity index (χ1v) is 10.5. The van der Waals surface area contributed by atoms with Crippen LogP contribution < -0.4 is 10.9 Å². The highest BCUT2D eigenvalue weighted by atomic mass is 32.2. The van der Waals surface area contributed by atoms with Crippen molar-refractivity contribution in [1.82, 2.24) is 14.9 Å². The number of nitrogens with zero attached hydrogens (tertiary/aromatic N) is 2. The van der Waals surface area contributed by atoms with Crippen molar-refractivity contribution in [2.45, 2.75) is 18.5 Å². The predicted octanol–water partition coefficient (Wildman–Crippen LogP) is 3.14. The van der Waals surface area contributed by atoms with Crippen LogP contribution in [0.4, 0.5) is 4.39 Å². The van der Waals surface area contributed by atoms with Crippen LogP contribution in [0.25, 0.3) is 15.9 Å². The number of thiophene rings is 1. The van der Waals surface area contributed by atoms with Gasteiger partial charge < -0.3 is 10.1 Å². The zero-order chi connectivity index (χ0) is 20.1. The van der Waals surface area contributed by atoms with E-state index in [9.17, 15) is 14.0 Å². The maximum Gasteiger partial charge on any atom is 0.276 e. The van der Waals surface area contributed by atoms with E-state index in [2.05, 4.69) is 10.3 Å². The number of hydrogen-bond donors (Lipinski definition) is 1. The molecule has 0 unspecified atom stereocenters. The van der Waals surface area contributed by atoms with E-state index in [4.69, 9.17) is 4.74 Å². The molecule has 0 saturated heterocycles. The van der Waals surface area contributed by atoms with Crippen LogP contribution in [0, 0.1) is 12.7 Å². The van der Waals surface area contributed by atoms with Gasteiger partial charge in [-0.2, -0.15) is 0 Å². The van der Waals surface area contributed by atoms with Crippen molar-refractivity contribution in [3.63, 3.8) is 0 Å². The summed E-state index contributed by atoms with van der Waals surface area (Å²) in [5, 5.41) is 5.01. The molecule has 0 saturated carbocycles. The summed E-state index contributed by atoms with van der Waals surface area (Å²) in [6.07, 6.45) is 0.728. The molecule has 148 valence electrons. The number of hydrogen-bond acceptors (Lipinski definition) is 6. The number of rotatable bonds is 8. The maximum atomic E-state index is 13.7. The minimum atomic E-state index is -0.341. The summed E-state index contributed by atoms with van der Waals surface area (Å²) in [7, 11) is 1.61. The molecule has 0 atom stereocenters. The molecule has 0 spiro atoms. The fraction of sp³-hybridized carbons (Fsp3) is 0.316. The first kappa shape index (κ1) is 20.5. The number of nitrogens with one attached hydrogen (secondary N) is 1. The number of halogens is 1. The molecule has 2 heterocycles. The van der Waals surface area contributed by atoms with E-state index in [0.717, 1.165) is 6.42 Å². The number of benzene rings is 1. The van der Waals surface area contributed by atoms with Crippen molar-refractivity contribution in [3.8, 4) is 5.69 Å². The van der Waals surface area contributed by atoms with E-state index in [1.54, 1.807) is 37.6 Å². The van der Waals surface area contributed by atoms with E-state index in [1.807, 2.05) is 0 Å². The molecular formula is C19H20FN3O3S2. The number of carbonyl (C=O) groups is 1. The number of thioether (sulfide) groups is 1. The fourth-order valence-corrected chi connectivity index (χ4v) is 4.21. The van der Waals surface area contributed by atoms with Gasteiger partial charge in [-0.05, 0) is 48.6 Å². The van der Waals surface area contributed by atoms with Gasteiger partial charge in [0.25, 0.3) is 5.56 Å². The average molecular weight is 422 g/mol. The zero-order valence-electron chi connectivity index (χ0n) is 15.5. The maximum absolute atomic E-state index is 13.7. The van der Waals surface area contributed by atoms with E-state index in [0.29, 0.717) is 39.8 Å². The molecular weight excluding hydrogens is 401 g/mol. The second kappa shape index (κ2) is 9.31. The van der Waals surface area contributed by atoms with E-state index >= 15 is 0 Å². The Morgan fingerprint density at radius 3 is 2.96 bits per heavy atom. The van der Waals surface area contributed by atoms with E-state index in [-0.39, 0.29) is 23.0 Å². The third-order valence-corrected chi connectivity index (χ3v) is 5.86. The lowest BCUT2D eigenvalue weighted by Crippen LogP contribution is -2.27. The Kier molecular flexibility index (Phi) is 6.82. The number of aromatic nitrogens is 2. The van der Waals surface area contributed by atoms with Crippen LogP contribution in [-0.4, -0.2) is 41.5 Å². The summed E-state index contributed by atoms with van der Waals surface area (Å²) >= 11 is 2.48. The van der Waals surface area contributed by atoms with Crippen LogP contribution >= 0.6 is 23.1 Å². The number of aryl methyl sites for hydroxylation is 1. The highest BCUT2D eigenvalue weighted by Gasteiger charge is 2.16. The Labute approximate surface area is 169 Å². The zero-order valence-corrected chi connectivity index (χ0v) is 17.2. The van der Waals surface area contributed by atoms with E-state index in [1.165, 1.54) is 33.7 Å². The van der Waals surface area contributed by atoms with Gasteiger partial charge in [0.05, 0.1) is 17.0 Å². The Hall–Kier alpha value is -2.23. The Balaban J connectivity index is 1.89. The lowest BCUT2D eigenvalue weighted by atomic mass is 10.2. The van der Waals surface area contributed by atoms with Gasteiger partial charge in [0.15, 0.2) is 5.16 Å². The molecule has 6 nitrogen and oxygen atoms in total. The second-order valence-electron chi connectivity index (χ2n) is 6.09. The number of amides is 1. The molecule has 2 aromatic heterocycles. The minimum Gasteiger partial charge on any atom is -0.385 e. The van der Waals surface area contributed by atoms with Crippen LogP contribution in [0.15, 0.2) is 39.6 Å². The summed E-state index contributed by atoms with van der Waals surface area (Å²) < 4.78 is 20.6. The molecule has 3 aromatic rings. The van der Waals surface area contributed by atoms with Crippen molar-refractivity contribution >= 4 is 39.2 Å². The predicted molar refractivity (Wildman–Crippen MR) is 110 cm³/mol. The van der Waals surface area contributed by atoms with Gasteiger partial charge in [0, 0.05) is 20.3 Å². The molecule has 1 N–H and O–H groups in total. The SMILES string of the molecule is COCCCNC(=O)CSc1nc2ccsc2c(=O)n1-c1ccc(F)c(C)c1. The second-order valence-corrected chi connectivity index (χ2v) is 7.95. The summed E-state index contributed by atoms with van der Waals surface area (Å²) in [5.74, 6) is -0.371. The van der Waals surface area contributed by atoms with Gasteiger partial charge in [-0.1, -0.05) is 11.8 Å². The van der Waals surface area contributed by atoms with Gasteiger partial charge in [-0.3, -0.25) is 14.2 Å². The van der Waals surface area contributed by atoms with Gasteiger partial charge >= 0.3 is 0 Å². The van der Waals surface area contributed by atoms with Crippen LogP contribution in [-0.2, 0) is 9.53 Å². The standard InChI is InChI=1S/C19H20FN3O3S2/c1-12-10-13(4-5-14(12)20)23-18(25)17-15(6-9-27-17)22-19(23)28-11-16(24)21-7-3-8-26-2/h4-6,9-10H,3,7-8,11H2,1-2H3,(H,21,24). The highest BCUT2D eigenvalue weighted by Crippen LogP contribution is 2.24. The molecule has 0 aliphatic carbocycles. The highest BCUT2D eigenvalue weighted by molar-refractivity contribution is 7.99. The molecule has 0 bridgehead atoms. The molecule has 0 radical (unpaired) electrons. The molecule has 0 aliphatic rings. The number of fused-ring (bicyclic) bond motifs is 1. The average Bonchev–Trinajstić information content (AvgIpc) is 3.15. The van der Waals surface area contributed by atoms with E-state index < -0.39 is 0 Å². The summed E-state index contributed by atoms with van der Waals surface area (Å²) in [4.78, 5) is 29.6. The molecule has 28 heavy (non-hydrogen) atoms. The van der Waals surface area contributed by atoms with Crippen molar-refractivity contribution in [1.29, 1.82) is 0 Å². The van der Waals surface area contributed by atoms with Crippen molar-refractivity contribution in [3.05, 3.63) is 51.4 Å². The first-order chi connectivity index (χ1) is 13.5. The normalized spacial score (nSPS) is 11.1. The molecule has 1 aromatic carbocycles. The smallest absolute Gasteiger partial charge is 0.276 e. The van der Waals surface area contributed by atoms with Crippen LogP contribution in [0.2, 0.25) is 0 Å². The number of ether oxygens (including phenoxy) is 1. The monoisotopic (exact) mass is 421 g/mol. The Bertz CT molecular complexity index is 1050. The van der Waals surface area contributed by atoms with Crippen molar-refractivity contribution in [2.24, 2.45) is 0 Å². The Morgan fingerprint density at radius 2 is 2.21 bits per heavy atom. The van der Waals surface area contributed by atoms with Crippen LogP contribution in [0.5, 0.6) is 0 Å². The van der Waals surface area contributed by atoms with Gasteiger partial charge in [-0.15, -0.1) is 11.3 Å². The fourth-order valence-electron chi connectivity index (χ4n) is 2.61. The lowest BCUT2D eigenvalue weighted by Gasteiger charge is -2.13. The molecule has 3 rings (SSSR count). The first-order valence-electron chi connectivity index (χ1n) is 8.66. The minimum absolute atomic E-state index is 0.120. The molecule has 9 heteroatoms. The summed E-state index contributed by atoms with van der Waals surface area (Å²) in [6, 6.07) is 6.25. The molecule has 1 amide bonds. The van der Waals surface area contributed by atoms with Crippen LogP contribution in [0.3, 0.4) is 0 Å².